The standard InChI is InChI=1S/C22H25N3O4/c1-4-27-22-18(6-5-11-23-22)13-24-21(26)12-17-7-9-19(10-8-17)28-14-20-15(2)25-29-16(20)3/h5-11H,4,12-14H2,1-3H3,(H,24,26). The van der Waals surface area contributed by atoms with Crippen LogP contribution in [0.1, 0.15) is 35.1 Å². The molecule has 1 N–H and O–H groups in total. The summed E-state index contributed by atoms with van der Waals surface area (Å²) in [5.74, 6) is 1.97. The number of hydrogen-bond donors (Lipinski definition) is 1. The third-order valence-corrected chi connectivity index (χ3v) is 4.46. The van der Waals surface area contributed by atoms with Crippen LogP contribution in [0, 0.1) is 13.8 Å². The fourth-order valence-corrected chi connectivity index (χ4v) is 2.83. The molecule has 0 saturated heterocycles. The van der Waals surface area contributed by atoms with Crippen molar-refractivity contribution in [2.45, 2.75) is 40.3 Å². The van der Waals surface area contributed by atoms with E-state index in [1.807, 2.05) is 57.2 Å². The summed E-state index contributed by atoms with van der Waals surface area (Å²) in [5, 5.41) is 6.83. The highest BCUT2D eigenvalue weighted by atomic mass is 16.5. The van der Waals surface area contributed by atoms with Gasteiger partial charge in [-0.25, -0.2) is 4.98 Å². The Morgan fingerprint density at radius 2 is 1.93 bits per heavy atom. The van der Waals surface area contributed by atoms with Gasteiger partial charge >= 0.3 is 0 Å². The maximum absolute atomic E-state index is 12.3. The molecule has 0 bridgehead atoms. The topological polar surface area (TPSA) is 86.5 Å². The summed E-state index contributed by atoms with van der Waals surface area (Å²) in [6.45, 7) is 6.96. The molecule has 3 aromatic rings. The Morgan fingerprint density at radius 1 is 1.14 bits per heavy atom. The molecule has 2 aromatic heterocycles. The Balaban J connectivity index is 1.50. The molecule has 0 aliphatic carbocycles. The first-order valence-electron chi connectivity index (χ1n) is 9.53. The fourth-order valence-electron chi connectivity index (χ4n) is 2.83. The van der Waals surface area contributed by atoms with Crippen LogP contribution >= 0.6 is 0 Å². The minimum atomic E-state index is -0.0688. The second-order valence-corrected chi connectivity index (χ2v) is 6.59. The number of carbonyl (C=O) groups excluding carboxylic acids is 1. The van der Waals surface area contributed by atoms with Crippen molar-refractivity contribution in [1.82, 2.24) is 15.5 Å². The summed E-state index contributed by atoms with van der Waals surface area (Å²) < 4.78 is 16.4. The summed E-state index contributed by atoms with van der Waals surface area (Å²) >= 11 is 0. The normalized spacial score (nSPS) is 10.6. The smallest absolute Gasteiger partial charge is 0.224 e. The minimum Gasteiger partial charge on any atom is -0.489 e. The lowest BCUT2D eigenvalue weighted by atomic mass is 10.1. The Bertz CT molecular complexity index is 931. The van der Waals surface area contributed by atoms with E-state index in [0.717, 1.165) is 33.9 Å². The van der Waals surface area contributed by atoms with Gasteiger partial charge in [0.2, 0.25) is 11.8 Å². The molecular weight excluding hydrogens is 370 g/mol. The van der Waals surface area contributed by atoms with Gasteiger partial charge < -0.3 is 19.3 Å². The molecule has 1 amide bonds. The van der Waals surface area contributed by atoms with E-state index in [1.165, 1.54) is 0 Å². The lowest BCUT2D eigenvalue weighted by Gasteiger charge is -2.10. The Kier molecular flexibility index (Phi) is 6.84. The average Bonchev–Trinajstić information content (AvgIpc) is 3.04. The van der Waals surface area contributed by atoms with Crippen LogP contribution < -0.4 is 14.8 Å². The number of hydrogen-bond acceptors (Lipinski definition) is 6. The number of benzene rings is 1. The summed E-state index contributed by atoms with van der Waals surface area (Å²) in [4.78, 5) is 16.5. The summed E-state index contributed by atoms with van der Waals surface area (Å²) in [7, 11) is 0. The molecule has 1 aromatic carbocycles. The molecule has 0 aliphatic heterocycles. The van der Waals surface area contributed by atoms with Crippen molar-refractivity contribution in [3.05, 3.63) is 70.7 Å². The zero-order valence-electron chi connectivity index (χ0n) is 16.9. The summed E-state index contributed by atoms with van der Waals surface area (Å²) in [6.07, 6.45) is 1.96. The largest absolute Gasteiger partial charge is 0.489 e. The molecule has 0 aliphatic rings. The van der Waals surface area contributed by atoms with Crippen LogP contribution in [0.3, 0.4) is 0 Å². The van der Waals surface area contributed by atoms with E-state index >= 15 is 0 Å². The number of aryl methyl sites for hydroxylation is 2. The number of pyridine rings is 1. The molecule has 0 saturated carbocycles. The van der Waals surface area contributed by atoms with E-state index in [0.29, 0.717) is 25.6 Å². The predicted molar refractivity (Wildman–Crippen MR) is 108 cm³/mol. The van der Waals surface area contributed by atoms with E-state index in [1.54, 1.807) is 6.20 Å². The highest BCUT2D eigenvalue weighted by Crippen LogP contribution is 2.18. The van der Waals surface area contributed by atoms with Crippen LogP contribution in [0.5, 0.6) is 11.6 Å². The van der Waals surface area contributed by atoms with Gasteiger partial charge in [0.15, 0.2) is 0 Å². The van der Waals surface area contributed by atoms with E-state index in [-0.39, 0.29) is 12.3 Å². The molecule has 3 rings (SSSR count). The number of nitrogens with one attached hydrogen (secondary N) is 1. The maximum Gasteiger partial charge on any atom is 0.224 e. The van der Waals surface area contributed by atoms with Crippen LogP contribution in [-0.2, 0) is 24.4 Å². The third-order valence-electron chi connectivity index (χ3n) is 4.46. The SMILES string of the molecule is CCOc1ncccc1CNC(=O)Cc1ccc(OCc2c(C)noc2C)cc1. The molecule has 7 nitrogen and oxygen atoms in total. The van der Waals surface area contributed by atoms with Crippen LogP contribution in [0.2, 0.25) is 0 Å². The lowest BCUT2D eigenvalue weighted by Crippen LogP contribution is -2.25. The molecule has 2 heterocycles. The van der Waals surface area contributed by atoms with Gasteiger partial charge in [-0.2, -0.15) is 0 Å². The molecule has 7 heteroatoms. The van der Waals surface area contributed by atoms with E-state index in [4.69, 9.17) is 14.0 Å². The second-order valence-electron chi connectivity index (χ2n) is 6.59. The van der Waals surface area contributed by atoms with E-state index in [9.17, 15) is 4.79 Å². The quantitative estimate of drug-likeness (QED) is 0.597. The van der Waals surface area contributed by atoms with Gasteiger partial charge in [0.1, 0.15) is 18.1 Å². The number of rotatable bonds is 9. The molecular formula is C22H25N3O4. The van der Waals surface area contributed by atoms with Crippen molar-refractivity contribution < 1.29 is 18.8 Å². The number of ether oxygens (including phenoxy) is 2. The number of carbonyl (C=O) groups is 1. The molecule has 0 spiro atoms. The van der Waals surface area contributed by atoms with Gasteiger partial charge in [-0.3, -0.25) is 4.79 Å². The van der Waals surface area contributed by atoms with Gasteiger partial charge in [-0.1, -0.05) is 23.4 Å². The third kappa shape index (κ3) is 5.57. The van der Waals surface area contributed by atoms with Crippen molar-refractivity contribution in [3.63, 3.8) is 0 Å². The van der Waals surface area contributed by atoms with Gasteiger partial charge in [-0.15, -0.1) is 0 Å². The maximum atomic E-state index is 12.3. The van der Waals surface area contributed by atoms with Gasteiger partial charge in [0.05, 0.1) is 24.3 Å². The van der Waals surface area contributed by atoms with Gasteiger partial charge in [0.25, 0.3) is 0 Å². The Morgan fingerprint density at radius 3 is 2.62 bits per heavy atom. The molecule has 0 atom stereocenters. The van der Waals surface area contributed by atoms with Crippen LogP contribution in [0.25, 0.3) is 0 Å². The molecule has 0 unspecified atom stereocenters. The van der Waals surface area contributed by atoms with Gasteiger partial charge in [-0.05, 0) is 44.5 Å². The van der Waals surface area contributed by atoms with Crippen molar-refractivity contribution in [1.29, 1.82) is 0 Å². The van der Waals surface area contributed by atoms with Crippen LogP contribution in [0.4, 0.5) is 0 Å². The number of aromatic nitrogens is 2. The van der Waals surface area contributed by atoms with E-state index < -0.39 is 0 Å². The van der Waals surface area contributed by atoms with Gasteiger partial charge in [0, 0.05) is 18.3 Å². The Hall–Kier alpha value is -3.35. The number of nitrogens with zero attached hydrogens (tertiary/aromatic N) is 2. The number of amides is 1. The highest BCUT2D eigenvalue weighted by Gasteiger charge is 2.10. The first-order chi connectivity index (χ1) is 14.1. The lowest BCUT2D eigenvalue weighted by molar-refractivity contribution is -0.120. The van der Waals surface area contributed by atoms with Crippen LogP contribution in [-0.4, -0.2) is 22.7 Å². The Labute approximate surface area is 170 Å². The predicted octanol–water partition coefficient (Wildman–Crippen LogP) is 3.52. The highest BCUT2D eigenvalue weighted by molar-refractivity contribution is 5.78. The monoisotopic (exact) mass is 395 g/mol. The molecule has 0 radical (unpaired) electrons. The van der Waals surface area contributed by atoms with Crippen LogP contribution in [0.15, 0.2) is 47.1 Å². The molecule has 29 heavy (non-hydrogen) atoms. The zero-order valence-corrected chi connectivity index (χ0v) is 16.9. The van der Waals surface area contributed by atoms with E-state index in [2.05, 4.69) is 15.5 Å². The van der Waals surface area contributed by atoms with Crippen molar-refractivity contribution >= 4 is 5.91 Å². The first-order valence-corrected chi connectivity index (χ1v) is 9.53. The first kappa shape index (κ1) is 20.4. The minimum absolute atomic E-state index is 0.0688. The zero-order chi connectivity index (χ0) is 20.6. The average molecular weight is 395 g/mol. The summed E-state index contributed by atoms with van der Waals surface area (Å²) in [6, 6.07) is 11.2. The molecule has 0 fully saturated rings. The second kappa shape index (κ2) is 9.73. The fraction of sp³-hybridized carbons (Fsp3) is 0.318. The van der Waals surface area contributed by atoms with Crippen molar-refractivity contribution in [2.75, 3.05) is 6.61 Å². The summed E-state index contributed by atoms with van der Waals surface area (Å²) in [5.41, 5.74) is 3.54. The van der Waals surface area contributed by atoms with Crippen molar-refractivity contribution in [2.24, 2.45) is 0 Å². The van der Waals surface area contributed by atoms with Crippen molar-refractivity contribution in [3.8, 4) is 11.6 Å². The molecule has 152 valence electrons.